The lowest BCUT2D eigenvalue weighted by Gasteiger charge is -1.99. The fourth-order valence-electron chi connectivity index (χ4n) is 0.752. The van der Waals surface area contributed by atoms with Crippen LogP contribution in [0.15, 0.2) is 0 Å². The van der Waals surface area contributed by atoms with E-state index in [2.05, 4.69) is 6.92 Å². The summed E-state index contributed by atoms with van der Waals surface area (Å²) in [6.45, 7) is 4.45. The van der Waals surface area contributed by atoms with Gasteiger partial charge in [0.15, 0.2) is 0 Å². The van der Waals surface area contributed by atoms with E-state index in [4.69, 9.17) is 14.9 Å². The van der Waals surface area contributed by atoms with E-state index in [0.717, 1.165) is 25.3 Å². The summed E-state index contributed by atoms with van der Waals surface area (Å²) in [5, 5.41) is 5.40. The molecule has 0 spiro atoms. The Morgan fingerprint density at radius 2 is 1.92 bits per heavy atom. The minimum Gasteiger partial charge on any atom is -0.466 e. The summed E-state index contributed by atoms with van der Waals surface area (Å²) in [5.74, 6) is -0.0593. The average molecular weight is 187 g/mol. The monoisotopic (exact) mass is 187 g/mol. The van der Waals surface area contributed by atoms with E-state index >= 15 is 0 Å². The van der Waals surface area contributed by atoms with E-state index in [0.29, 0.717) is 13.0 Å². The van der Waals surface area contributed by atoms with Gasteiger partial charge in [-0.2, -0.15) is 0 Å². The van der Waals surface area contributed by atoms with Crippen LogP contribution in [0.4, 0.5) is 0 Å². The fourth-order valence-corrected chi connectivity index (χ4v) is 0.752. The van der Waals surface area contributed by atoms with Gasteiger partial charge >= 0.3 is 5.97 Å². The van der Waals surface area contributed by atoms with Crippen LogP contribution >= 0.6 is 0 Å². The summed E-state index contributed by atoms with van der Waals surface area (Å²) in [6, 6.07) is 0. The SMILES string of the molecule is CCCCCC(=O)OCC.N=C=O. The van der Waals surface area contributed by atoms with Crippen molar-refractivity contribution in [2.24, 2.45) is 0 Å². The van der Waals surface area contributed by atoms with Gasteiger partial charge in [0.1, 0.15) is 0 Å². The number of ether oxygens (including phenoxy) is 1. The molecule has 0 unspecified atom stereocenters. The number of isocyanates is 1. The molecule has 0 aromatic carbocycles. The molecular weight excluding hydrogens is 170 g/mol. The lowest BCUT2D eigenvalue weighted by Crippen LogP contribution is -2.02. The zero-order chi connectivity index (χ0) is 10.5. The first kappa shape index (κ1) is 14.4. The molecule has 0 aliphatic rings. The van der Waals surface area contributed by atoms with E-state index in [1.165, 1.54) is 0 Å². The molecule has 0 aromatic rings. The first-order valence-corrected chi connectivity index (χ1v) is 4.42. The quantitative estimate of drug-likeness (QED) is 0.310. The predicted octanol–water partition coefficient (Wildman–Crippen LogP) is 2.03. The summed E-state index contributed by atoms with van der Waals surface area (Å²) in [7, 11) is 0. The fraction of sp³-hybridized carbons (Fsp3) is 0.778. The number of hydrogen-bond donors (Lipinski definition) is 1. The van der Waals surface area contributed by atoms with Gasteiger partial charge < -0.3 is 4.74 Å². The summed E-state index contributed by atoms with van der Waals surface area (Å²) >= 11 is 0. The van der Waals surface area contributed by atoms with Crippen LogP contribution in [-0.4, -0.2) is 18.7 Å². The molecule has 0 atom stereocenters. The molecule has 0 fully saturated rings. The number of nitrogens with one attached hydrogen (secondary N) is 1. The highest BCUT2D eigenvalue weighted by Crippen LogP contribution is 1.99. The molecule has 0 saturated carbocycles. The number of carbonyl (C=O) groups excluding carboxylic acids is 2. The van der Waals surface area contributed by atoms with Crippen LogP contribution in [0.25, 0.3) is 0 Å². The molecule has 76 valence electrons. The van der Waals surface area contributed by atoms with Crippen molar-refractivity contribution in [3.05, 3.63) is 0 Å². The van der Waals surface area contributed by atoms with Crippen LogP contribution in [0.3, 0.4) is 0 Å². The second-order valence-corrected chi connectivity index (χ2v) is 2.36. The van der Waals surface area contributed by atoms with Crippen molar-refractivity contribution in [3.8, 4) is 0 Å². The molecule has 0 rings (SSSR count). The van der Waals surface area contributed by atoms with Crippen LogP contribution in [0.1, 0.15) is 39.5 Å². The zero-order valence-electron chi connectivity index (χ0n) is 8.26. The second kappa shape index (κ2) is 13.4. The molecule has 0 aromatic heterocycles. The third-order valence-corrected chi connectivity index (χ3v) is 1.29. The van der Waals surface area contributed by atoms with Crippen LogP contribution in [0.5, 0.6) is 0 Å². The number of esters is 1. The zero-order valence-corrected chi connectivity index (χ0v) is 8.26. The third kappa shape index (κ3) is 18.1. The Hall–Kier alpha value is -1.15. The van der Waals surface area contributed by atoms with Crippen molar-refractivity contribution >= 4 is 12.0 Å². The summed E-state index contributed by atoms with van der Waals surface area (Å²) in [4.78, 5) is 19.0. The molecular formula is C9H17NO3. The normalized spacial score (nSPS) is 7.85. The van der Waals surface area contributed by atoms with Crippen LogP contribution in [0, 0.1) is 5.41 Å². The highest BCUT2D eigenvalue weighted by Gasteiger charge is 1.98. The lowest BCUT2D eigenvalue weighted by molar-refractivity contribution is -0.143. The average Bonchev–Trinajstić information content (AvgIpc) is 2.07. The molecule has 1 N–H and O–H groups in total. The third-order valence-electron chi connectivity index (χ3n) is 1.29. The Morgan fingerprint density at radius 1 is 1.38 bits per heavy atom. The van der Waals surface area contributed by atoms with E-state index in [9.17, 15) is 4.79 Å². The Kier molecular flexibility index (Phi) is 14.9. The van der Waals surface area contributed by atoms with Crippen LogP contribution in [-0.2, 0) is 14.3 Å². The molecule has 0 aliphatic heterocycles. The molecule has 0 heterocycles. The Morgan fingerprint density at radius 3 is 2.31 bits per heavy atom. The number of unbranched alkanes of at least 4 members (excludes halogenated alkanes) is 2. The van der Waals surface area contributed by atoms with Crippen molar-refractivity contribution < 1.29 is 14.3 Å². The van der Waals surface area contributed by atoms with Gasteiger partial charge in [0.25, 0.3) is 0 Å². The smallest absolute Gasteiger partial charge is 0.305 e. The van der Waals surface area contributed by atoms with Gasteiger partial charge in [0, 0.05) is 6.42 Å². The second-order valence-electron chi connectivity index (χ2n) is 2.36. The van der Waals surface area contributed by atoms with Gasteiger partial charge in [0.2, 0.25) is 6.08 Å². The first-order valence-electron chi connectivity index (χ1n) is 4.42. The molecule has 13 heavy (non-hydrogen) atoms. The maximum absolute atomic E-state index is 10.7. The minimum absolute atomic E-state index is 0.0593. The molecule has 4 heteroatoms. The predicted molar refractivity (Wildman–Crippen MR) is 49.2 cm³/mol. The van der Waals surface area contributed by atoms with Gasteiger partial charge in [-0.15, -0.1) is 0 Å². The van der Waals surface area contributed by atoms with Crippen molar-refractivity contribution in [3.63, 3.8) is 0 Å². The Bertz CT molecular complexity index is 151. The largest absolute Gasteiger partial charge is 0.466 e. The highest BCUT2D eigenvalue weighted by molar-refractivity contribution is 5.69. The summed E-state index contributed by atoms with van der Waals surface area (Å²) < 4.78 is 4.75. The van der Waals surface area contributed by atoms with Crippen molar-refractivity contribution in [2.75, 3.05) is 6.61 Å². The first-order chi connectivity index (χ1) is 6.22. The lowest BCUT2D eigenvalue weighted by atomic mass is 10.2. The van der Waals surface area contributed by atoms with Crippen LogP contribution in [0.2, 0.25) is 0 Å². The van der Waals surface area contributed by atoms with Gasteiger partial charge in [0.05, 0.1) is 6.61 Å². The molecule has 0 bridgehead atoms. The van der Waals surface area contributed by atoms with E-state index in [1.807, 2.05) is 6.92 Å². The molecule has 0 saturated heterocycles. The van der Waals surface area contributed by atoms with Gasteiger partial charge in [-0.25, -0.2) is 10.2 Å². The minimum atomic E-state index is -0.0593. The maximum Gasteiger partial charge on any atom is 0.305 e. The van der Waals surface area contributed by atoms with Crippen molar-refractivity contribution in [1.29, 1.82) is 5.41 Å². The molecule has 0 aliphatic carbocycles. The standard InChI is InChI=1S/C8H16O2.CHNO/c1-3-5-6-7-8(9)10-4-2;2-1-3/h3-7H2,1-2H3;2H. The molecule has 0 amide bonds. The number of rotatable bonds is 5. The van der Waals surface area contributed by atoms with Gasteiger partial charge in [-0.1, -0.05) is 19.8 Å². The van der Waals surface area contributed by atoms with Crippen molar-refractivity contribution in [1.82, 2.24) is 0 Å². The van der Waals surface area contributed by atoms with Gasteiger partial charge in [-0.05, 0) is 13.3 Å². The highest BCUT2D eigenvalue weighted by atomic mass is 16.5. The maximum atomic E-state index is 10.7. The summed E-state index contributed by atoms with van der Waals surface area (Å²) in [6.07, 6.45) is 4.58. The van der Waals surface area contributed by atoms with Gasteiger partial charge in [-0.3, -0.25) is 4.79 Å². The van der Waals surface area contributed by atoms with E-state index < -0.39 is 0 Å². The number of carbonyl (C=O) groups is 1. The molecule has 4 nitrogen and oxygen atoms in total. The molecule has 0 radical (unpaired) electrons. The number of hydrogen-bond acceptors (Lipinski definition) is 4. The van der Waals surface area contributed by atoms with E-state index in [-0.39, 0.29) is 5.97 Å². The summed E-state index contributed by atoms with van der Waals surface area (Å²) in [5.41, 5.74) is 0. The Balaban J connectivity index is 0. The topological polar surface area (TPSA) is 67.2 Å². The van der Waals surface area contributed by atoms with Crippen molar-refractivity contribution in [2.45, 2.75) is 39.5 Å². The Labute approximate surface area is 78.8 Å². The van der Waals surface area contributed by atoms with Crippen LogP contribution < -0.4 is 0 Å². The van der Waals surface area contributed by atoms with E-state index in [1.54, 1.807) is 0 Å².